The van der Waals surface area contributed by atoms with Crippen molar-refractivity contribution in [3.8, 4) is 0 Å². The molecule has 0 radical (unpaired) electrons. The van der Waals surface area contributed by atoms with Crippen LogP contribution in [0.1, 0.15) is 41.0 Å². The molecular weight excluding hydrogens is 248 g/mol. The lowest BCUT2D eigenvalue weighted by Crippen LogP contribution is -2.24. The molecule has 0 bridgehead atoms. The molecule has 0 fully saturated rings. The van der Waals surface area contributed by atoms with Gasteiger partial charge >= 0.3 is 5.97 Å². The third kappa shape index (κ3) is 15.3. The summed E-state index contributed by atoms with van der Waals surface area (Å²) in [4.78, 5) is 11.3. The van der Waals surface area contributed by atoms with Gasteiger partial charge in [0.2, 0.25) is 0 Å². The second-order valence-electron chi connectivity index (χ2n) is 5.48. The Bertz CT molecular complexity index is 232. The zero-order chi connectivity index (χ0) is 14.7. The fraction of sp³-hybridized carbons (Fsp3) is 0.929. The minimum atomic E-state index is -0.434. The van der Waals surface area contributed by atoms with E-state index in [1.165, 1.54) is 0 Å². The number of carbonyl (C=O) groups is 1. The summed E-state index contributed by atoms with van der Waals surface area (Å²) in [5, 5.41) is 0. The Morgan fingerprint density at radius 3 is 2.00 bits per heavy atom. The number of ether oxygens (including phenoxy) is 4. The van der Waals surface area contributed by atoms with Crippen LogP contribution in [0.3, 0.4) is 0 Å². The van der Waals surface area contributed by atoms with Gasteiger partial charge in [-0.2, -0.15) is 0 Å². The van der Waals surface area contributed by atoms with Crippen molar-refractivity contribution in [1.29, 1.82) is 0 Å². The van der Waals surface area contributed by atoms with Crippen LogP contribution in [0.4, 0.5) is 0 Å². The first kappa shape index (κ1) is 18.4. The van der Waals surface area contributed by atoms with Crippen molar-refractivity contribution in [2.75, 3.05) is 33.0 Å². The molecule has 0 amide bonds. The quantitative estimate of drug-likeness (QED) is 0.452. The minimum Gasteiger partial charge on any atom is -0.460 e. The predicted molar refractivity (Wildman–Crippen MR) is 73.2 cm³/mol. The zero-order valence-corrected chi connectivity index (χ0v) is 12.9. The highest BCUT2D eigenvalue weighted by Gasteiger charge is 2.15. The van der Waals surface area contributed by atoms with E-state index in [0.717, 1.165) is 0 Å². The van der Waals surface area contributed by atoms with E-state index in [1.54, 1.807) is 0 Å². The summed E-state index contributed by atoms with van der Waals surface area (Å²) in [5.41, 5.74) is -0.434. The minimum absolute atomic E-state index is 0.230. The number of hydrogen-bond acceptors (Lipinski definition) is 5. The first-order chi connectivity index (χ1) is 8.81. The van der Waals surface area contributed by atoms with Gasteiger partial charge < -0.3 is 18.9 Å². The largest absolute Gasteiger partial charge is 0.460 e. The van der Waals surface area contributed by atoms with Crippen molar-refractivity contribution >= 4 is 5.97 Å². The Hall–Kier alpha value is -0.650. The predicted octanol–water partition coefficient (Wildman–Crippen LogP) is 2.18. The van der Waals surface area contributed by atoms with Gasteiger partial charge in [0.05, 0.1) is 45.6 Å². The molecule has 0 unspecified atom stereocenters. The van der Waals surface area contributed by atoms with Crippen LogP contribution in [0.5, 0.6) is 0 Å². The van der Waals surface area contributed by atoms with Crippen LogP contribution in [-0.4, -0.2) is 50.7 Å². The number of esters is 1. The van der Waals surface area contributed by atoms with Crippen LogP contribution in [0.25, 0.3) is 0 Å². The van der Waals surface area contributed by atoms with E-state index < -0.39 is 5.60 Å². The van der Waals surface area contributed by atoms with E-state index in [1.807, 2.05) is 34.6 Å². The molecule has 19 heavy (non-hydrogen) atoms. The van der Waals surface area contributed by atoms with Gasteiger partial charge in [0.25, 0.3) is 0 Å². The molecule has 5 nitrogen and oxygen atoms in total. The van der Waals surface area contributed by atoms with Crippen molar-refractivity contribution in [3.05, 3.63) is 0 Å². The maximum Gasteiger partial charge on any atom is 0.308 e. The average Bonchev–Trinajstić information content (AvgIpc) is 2.24. The summed E-state index contributed by atoms with van der Waals surface area (Å²) in [7, 11) is 0. The highest BCUT2D eigenvalue weighted by atomic mass is 16.6. The highest BCUT2D eigenvalue weighted by molar-refractivity contribution is 5.69. The van der Waals surface area contributed by atoms with Gasteiger partial charge in [-0.05, 0) is 34.6 Å². The van der Waals surface area contributed by atoms with Gasteiger partial charge in [0, 0.05) is 0 Å². The van der Waals surface area contributed by atoms with Gasteiger partial charge in [-0.1, -0.05) is 0 Å². The van der Waals surface area contributed by atoms with Gasteiger partial charge in [-0.15, -0.1) is 0 Å². The second kappa shape index (κ2) is 10.2. The topological polar surface area (TPSA) is 54.0 Å². The van der Waals surface area contributed by atoms with E-state index >= 15 is 0 Å². The van der Waals surface area contributed by atoms with E-state index in [0.29, 0.717) is 33.0 Å². The van der Waals surface area contributed by atoms with Crippen molar-refractivity contribution in [3.63, 3.8) is 0 Å². The van der Waals surface area contributed by atoms with E-state index in [-0.39, 0.29) is 18.5 Å². The number of carbonyl (C=O) groups excluding carboxylic acids is 1. The molecule has 0 saturated carbocycles. The Morgan fingerprint density at radius 2 is 1.47 bits per heavy atom. The summed E-state index contributed by atoms with van der Waals surface area (Å²) in [6.07, 6.45) is 0.502. The Balaban J connectivity index is 3.25. The molecule has 0 aliphatic carbocycles. The maximum absolute atomic E-state index is 11.3. The number of rotatable bonds is 10. The first-order valence-electron chi connectivity index (χ1n) is 6.80. The zero-order valence-electron chi connectivity index (χ0n) is 12.9. The van der Waals surface area contributed by atoms with Crippen LogP contribution in [0.2, 0.25) is 0 Å². The van der Waals surface area contributed by atoms with Crippen LogP contribution in [0.15, 0.2) is 0 Å². The summed E-state index contributed by atoms with van der Waals surface area (Å²) < 4.78 is 21.1. The third-order valence-corrected chi connectivity index (χ3v) is 1.92. The van der Waals surface area contributed by atoms with Gasteiger partial charge in [-0.3, -0.25) is 4.79 Å². The molecule has 0 heterocycles. The molecular formula is C14H28O5. The van der Waals surface area contributed by atoms with Crippen LogP contribution >= 0.6 is 0 Å². The molecule has 0 N–H and O–H groups in total. The monoisotopic (exact) mass is 276 g/mol. The third-order valence-electron chi connectivity index (χ3n) is 1.92. The lowest BCUT2D eigenvalue weighted by atomic mass is 10.2. The Kier molecular flexibility index (Phi) is 9.83. The van der Waals surface area contributed by atoms with E-state index in [2.05, 4.69) is 0 Å². The molecule has 0 atom stereocenters. The van der Waals surface area contributed by atoms with E-state index in [9.17, 15) is 4.79 Å². The first-order valence-corrected chi connectivity index (χ1v) is 6.80. The average molecular weight is 276 g/mol. The molecule has 0 saturated heterocycles. The van der Waals surface area contributed by atoms with Crippen LogP contribution < -0.4 is 0 Å². The van der Waals surface area contributed by atoms with E-state index in [4.69, 9.17) is 18.9 Å². The molecule has 114 valence electrons. The Labute approximate surface area is 116 Å². The molecule has 0 rings (SSSR count). The van der Waals surface area contributed by atoms with Crippen LogP contribution in [-0.2, 0) is 23.7 Å². The second-order valence-corrected chi connectivity index (χ2v) is 5.48. The van der Waals surface area contributed by atoms with Gasteiger partial charge in [-0.25, -0.2) is 0 Å². The van der Waals surface area contributed by atoms with Crippen molar-refractivity contribution in [2.24, 2.45) is 0 Å². The fourth-order valence-electron chi connectivity index (χ4n) is 1.21. The SMILES string of the molecule is CC(C)OCCOCCOCCC(=O)OC(C)(C)C. The molecule has 0 aromatic rings. The highest BCUT2D eigenvalue weighted by Crippen LogP contribution is 2.07. The lowest BCUT2D eigenvalue weighted by Gasteiger charge is -2.19. The van der Waals surface area contributed by atoms with Crippen molar-refractivity contribution in [2.45, 2.75) is 52.7 Å². The fourth-order valence-corrected chi connectivity index (χ4v) is 1.21. The lowest BCUT2D eigenvalue weighted by molar-refractivity contribution is -0.156. The summed E-state index contributed by atoms with van der Waals surface area (Å²) in [6, 6.07) is 0. The molecule has 0 aromatic heterocycles. The summed E-state index contributed by atoms with van der Waals surface area (Å²) in [6.45, 7) is 12.0. The summed E-state index contributed by atoms with van der Waals surface area (Å²) >= 11 is 0. The number of hydrogen-bond donors (Lipinski definition) is 0. The molecule has 5 heteroatoms. The van der Waals surface area contributed by atoms with Gasteiger partial charge in [0.15, 0.2) is 0 Å². The molecule has 0 spiro atoms. The molecule has 0 aliphatic heterocycles. The smallest absolute Gasteiger partial charge is 0.308 e. The normalized spacial score (nSPS) is 11.9. The van der Waals surface area contributed by atoms with Crippen LogP contribution in [0, 0.1) is 0 Å². The van der Waals surface area contributed by atoms with Crippen molar-refractivity contribution < 1.29 is 23.7 Å². The summed E-state index contributed by atoms with van der Waals surface area (Å²) in [5.74, 6) is -0.237. The standard InChI is InChI=1S/C14H28O5/c1-12(2)18-11-10-17-9-8-16-7-6-13(15)19-14(3,4)5/h12H,6-11H2,1-5H3. The maximum atomic E-state index is 11.3. The molecule has 0 aliphatic rings. The van der Waals surface area contributed by atoms with Crippen molar-refractivity contribution in [1.82, 2.24) is 0 Å². The van der Waals surface area contributed by atoms with Gasteiger partial charge in [0.1, 0.15) is 5.60 Å². The Morgan fingerprint density at radius 1 is 0.947 bits per heavy atom. The molecule has 0 aromatic carbocycles.